The molecule has 22 heavy (non-hydrogen) atoms. The number of aryl methyl sites for hydroxylation is 1. The van der Waals surface area contributed by atoms with Crippen LogP contribution in [0, 0.1) is 6.92 Å². The van der Waals surface area contributed by atoms with Crippen molar-refractivity contribution in [2.75, 3.05) is 0 Å². The van der Waals surface area contributed by atoms with Gasteiger partial charge in [-0.2, -0.15) is 5.10 Å². The van der Waals surface area contributed by atoms with Crippen LogP contribution in [0.2, 0.25) is 0 Å². The number of aromatic nitrogens is 2. The van der Waals surface area contributed by atoms with Crippen molar-refractivity contribution in [3.05, 3.63) is 53.1 Å². The van der Waals surface area contributed by atoms with Crippen LogP contribution in [-0.4, -0.2) is 27.2 Å². The first-order chi connectivity index (χ1) is 10.6. The number of H-pyrrole nitrogens is 1. The summed E-state index contributed by atoms with van der Waals surface area (Å²) >= 11 is 0. The predicted molar refractivity (Wildman–Crippen MR) is 77.7 cm³/mol. The van der Waals surface area contributed by atoms with Gasteiger partial charge in [0.25, 0.3) is 5.91 Å². The number of para-hydroxylation sites is 1. The largest absolute Gasteiger partial charge is 0.478 e. The van der Waals surface area contributed by atoms with E-state index in [1.54, 1.807) is 13.0 Å². The molecule has 0 atom stereocenters. The molecule has 0 aliphatic carbocycles. The van der Waals surface area contributed by atoms with E-state index in [1.165, 1.54) is 6.07 Å². The molecule has 0 fully saturated rings. The molecule has 7 nitrogen and oxygen atoms in total. The number of hydrogen-bond acceptors (Lipinski definition) is 4. The van der Waals surface area contributed by atoms with Crippen LogP contribution >= 0.6 is 0 Å². The fourth-order valence-electron chi connectivity index (χ4n) is 2.23. The molecule has 0 saturated carbocycles. The van der Waals surface area contributed by atoms with Gasteiger partial charge in [-0.15, -0.1) is 0 Å². The average molecular weight is 299 g/mol. The van der Waals surface area contributed by atoms with Gasteiger partial charge >= 0.3 is 5.97 Å². The van der Waals surface area contributed by atoms with Gasteiger partial charge in [-0.05, 0) is 19.1 Å². The lowest BCUT2D eigenvalue weighted by Crippen LogP contribution is -2.23. The molecule has 0 radical (unpaired) electrons. The lowest BCUT2D eigenvalue weighted by molar-refractivity contribution is 0.0694. The minimum atomic E-state index is -1.06. The Bertz CT molecular complexity index is 863. The number of amides is 1. The number of carbonyl (C=O) groups excluding carboxylic acids is 1. The first-order valence-corrected chi connectivity index (χ1v) is 6.60. The molecular weight excluding hydrogens is 286 g/mol. The summed E-state index contributed by atoms with van der Waals surface area (Å²) in [6, 6.07) is 8.70. The number of carboxylic acid groups (broad SMARTS) is 1. The third-order valence-electron chi connectivity index (χ3n) is 3.31. The molecule has 3 rings (SSSR count). The van der Waals surface area contributed by atoms with Crippen molar-refractivity contribution in [2.45, 2.75) is 13.5 Å². The van der Waals surface area contributed by atoms with E-state index in [0.29, 0.717) is 11.5 Å². The number of rotatable bonds is 4. The third kappa shape index (κ3) is 2.44. The molecular formula is C15H13N3O4. The summed E-state index contributed by atoms with van der Waals surface area (Å²) in [5.41, 5.74) is 1.15. The van der Waals surface area contributed by atoms with Gasteiger partial charge in [0.15, 0.2) is 5.69 Å². The molecule has 1 aromatic carbocycles. The molecule has 0 saturated heterocycles. The molecule has 3 aromatic rings. The van der Waals surface area contributed by atoms with E-state index in [1.807, 2.05) is 18.2 Å². The maximum atomic E-state index is 12.2. The number of aromatic carboxylic acids is 1. The predicted octanol–water partition coefficient (Wildman–Crippen LogP) is 2.09. The van der Waals surface area contributed by atoms with E-state index in [-0.39, 0.29) is 23.7 Å². The topological polar surface area (TPSA) is 108 Å². The number of nitrogens with one attached hydrogen (secondary N) is 2. The fraction of sp³-hybridized carbons (Fsp3) is 0.133. The second kappa shape index (κ2) is 5.36. The normalized spacial score (nSPS) is 10.8. The van der Waals surface area contributed by atoms with Crippen molar-refractivity contribution in [2.24, 2.45) is 0 Å². The second-order valence-corrected chi connectivity index (χ2v) is 4.79. The number of carboxylic acids is 1. The summed E-state index contributed by atoms with van der Waals surface area (Å²) in [6.07, 6.45) is 0. The van der Waals surface area contributed by atoms with Crippen molar-refractivity contribution in [3.8, 4) is 0 Å². The van der Waals surface area contributed by atoms with E-state index in [9.17, 15) is 9.59 Å². The summed E-state index contributed by atoms with van der Waals surface area (Å²) in [7, 11) is 0. The molecule has 0 spiro atoms. The van der Waals surface area contributed by atoms with Gasteiger partial charge in [-0.3, -0.25) is 9.89 Å². The van der Waals surface area contributed by atoms with Crippen LogP contribution in [0.4, 0.5) is 0 Å². The zero-order valence-electron chi connectivity index (χ0n) is 11.7. The monoisotopic (exact) mass is 299 g/mol. The zero-order chi connectivity index (χ0) is 15.7. The Balaban J connectivity index is 1.75. The molecule has 3 N–H and O–H groups in total. The van der Waals surface area contributed by atoms with Crippen LogP contribution in [-0.2, 0) is 6.54 Å². The lowest BCUT2D eigenvalue weighted by Gasteiger charge is -2.00. The van der Waals surface area contributed by atoms with E-state index in [2.05, 4.69) is 15.5 Å². The van der Waals surface area contributed by atoms with Crippen molar-refractivity contribution < 1.29 is 19.1 Å². The van der Waals surface area contributed by atoms with Crippen LogP contribution in [0.15, 0.2) is 34.7 Å². The zero-order valence-corrected chi connectivity index (χ0v) is 11.7. The van der Waals surface area contributed by atoms with E-state index in [0.717, 1.165) is 10.9 Å². The van der Waals surface area contributed by atoms with Gasteiger partial charge in [-0.1, -0.05) is 18.2 Å². The molecule has 0 unspecified atom stereocenters. The Morgan fingerprint density at radius 2 is 2.14 bits per heavy atom. The molecule has 2 heterocycles. The van der Waals surface area contributed by atoms with Crippen molar-refractivity contribution >= 4 is 22.8 Å². The number of aromatic amines is 1. The maximum absolute atomic E-state index is 12.2. The average Bonchev–Trinajstić information content (AvgIpc) is 3.08. The Morgan fingerprint density at radius 1 is 1.36 bits per heavy atom. The van der Waals surface area contributed by atoms with Crippen LogP contribution < -0.4 is 5.32 Å². The highest BCUT2D eigenvalue weighted by molar-refractivity contribution is 6.04. The van der Waals surface area contributed by atoms with E-state index in [4.69, 9.17) is 9.52 Å². The number of fused-ring (bicyclic) bond motifs is 1. The molecule has 0 bridgehead atoms. The Kier molecular flexibility index (Phi) is 3.38. The number of benzene rings is 1. The minimum Gasteiger partial charge on any atom is -0.478 e. The molecule has 0 aliphatic heterocycles. The standard InChI is InChI=1S/C15H13N3O4/c1-8-11(15(20)21)6-9(22-8)7-16-14(19)13-10-4-2-3-5-12(10)17-18-13/h2-6H,7H2,1H3,(H,16,19)(H,17,18)(H,20,21). The molecule has 2 aromatic heterocycles. The molecule has 1 amide bonds. The number of furan rings is 1. The van der Waals surface area contributed by atoms with Gasteiger partial charge in [0.2, 0.25) is 0 Å². The SMILES string of the molecule is Cc1oc(CNC(=O)c2n[nH]c3ccccc23)cc1C(=O)O. The first kappa shape index (κ1) is 13.9. The van der Waals surface area contributed by atoms with Crippen LogP contribution in [0.1, 0.15) is 32.4 Å². The summed E-state index contributed by atoms with van der Waals surface area (Å²) in [6.45, 7) is 1.66. The highest BCUT2D eigenvalue weighted by atomic mass is 16.4. The van der Waals surface area contributed by atoms with Gasteiger partial charge < -0.3 is 14.8 Å². The second-order valence-electron chi connectivity index (χ2n) is 4.79. The number of nitrogens with zero attached hydrogens (tertiary/aromatic N) is 1. The summed E-state index contributed by atoms with van der Waals surface area (Å²) in [5.74, 6) is -0.731. The number of carbonyl (C=O) groups is 2. The van der Waals surface area contributed by atoms with Gasteiger partial charge in [-0.25, -0.2) is 4.79 Å². The Hall–Kier alpha value is -3.09. The smallest absolute Gasteiger partial charge is 0.339 e. The van der Waals surface area contributed by atoms with Crippen molar-refractivity contribution in [1.82, 2.24) is 15.5 Å². The summed E-state index contributed by atoms with van der Waals surface area (Å²) in [5, 5.41) is 19.1. The summed E-state index contributed by atoms with van der Waals surface area (Å²) < 4.78 is 5.31. The Labute approximate surface area is 124 Å². The fourth-order valence-corrected chi connectivity index (χ4v) is 2.23. The van der Waals surface area contributed by atoms with Crippen LogP contribution in [0.25, 0.3) is 10.9 Å². The molecule has 0 aliphatic rings. The lowest BCUT2D eigenvalue weighted by atomic mass is 10.2. The first-order valence-electron chi connectivity index (χ1n) is 6.60. The molecule has 7 heteroatoms. The summed E-state index contributed by atoms with van der Waals surface area (Å²) in [4.78, 5) is 23.1. The van der Waals surface area contributed by atoms with Gasteiger partial charge in [0.05, 0.1) is 12.1 Å². The van der Waals surface area contributed by atoms with E-state index >= 15 is 0 Å². The van der Waals surface area contributed by atoms with Gasteiger partial charge in [0.1, 0.15) is 17.1 Å². The maximum Gasteiger partial charge on any atom is 0.339 e. The van der Waals surface area contributed by atoms with Crippen molar-refractivity contribution in [1.29, 1.82) is 0 Å². The third-order valence-corrected chi connectivity index (χ3v) is 3.31. The minimum absolute atomic E-state index is 0.0914. The quantitative estimate of drug-likeness (QED) is 0.683. The Morgan fingerprint density at radius 3 is 2.86 bits per heavy atom. The van der Waals surface area contributed by atoms with E-state index < -0.39 is 5.97 Å². The van der Waals surface area contributed by atoms with Gasteiger partial charge in [0, 0.05) is 5.39 Å². The van der Waals surface area contributed by atoms with Crippen molar-refractivity contribution in [3.63, 3.8) is 0 Å². The highest BCUT2D eigenvalue weighted by Crippen LogP contribution is 2.16. The number of hydrogen-bond donors (Lipinski definition) is 3. The van der Waals surface area contributed by atoms with Crippen LogP contribution in [0.3, 0.4) is 0 Å². The highest BCUT2D eigenvalue weighted by Gasteiger charge is 2.16. The molecule has 112 valence electrons. The van der Waals surface area contributed by atoms with Crippen LogP contribution in [0.5, 0.6) is 0 Å².